The van der Waals surface area contributed by atoms with E-state index < -0.39 is 0 Å². The van der Waals surface area contributed by atoms with Gasteiger partial charge in [-0.15, -0.1) is 0 Å². The second-order valence-corrected chi connectivity index (χ2v) is 14.6. The van der Waals surface area contributed by atoms with Crippen molar-refractivity contribution < 1.29 is 29.3 Å². The van der Waals surface area contributed by atoms with Crippen LogP contribution in [0.2, 0.25) is 0 Å². The van der Waals surface area contributed by atoms with Gasteiger partial charge in [-0.3, -0.25) is 9.59 Å². The molecular weight excluding hydrogens is 644 g/mol. The van der Waals surface area contributed by atoms with Gasteiger partial charge < -0.3 is 40.1 Å². The minimum absolute atomic E-state index is 0.0127. The number of phenols is 2. The molecule has 0 bridgehead atoms. The van der Waals surface area contributed by atoms with Gasteiger partial charge in [-0.1, -0.05) is 62.4 Å². The van der Waals surface area contributed by atoms with Crippen LogP contribution in [-0.4, -0.2) is 97.5 Å². The van der Waals surface area contributed by atoms with Crippen molar-refractivity contribution in [2.45, 2.75) is 70.8 Å². The van der Waals surface area contributed by atoms with Crippen molar-refractivity contribution in [2.24, 2.45) is 5.92 Å². The van der Waals surface area contributed by atoms with Crippen LogP contribution in [0.15, 0.2) is 60.7 Å². The highest BCUT2D eigenvalue weighted by atomic mass is 16.5. The zero-order valence-corrected chi connectivity index (χ0v) is 30.7. The molecule has 5 rings (SSSR count). The lowest BCUT2D eigenvalue weighted by Gasteiger charge is -2.42. The number of carbonyl (C=O) groups is 2. The van der Waals surface area contributed by atoms with Crippen LogP contribution in [0.25, 0.3) is 0 Å². The van der Waals surface area contributed by atoms with E-state index in [-0.39, 0.29) is 35.6 Å². The highest BCUT2D eigenvalue weighted by Gasteiger charge is 2.39. The molecule has 2 aliphatic heterocycles. The first-order valence-corrected chi connectivity index (χ1v) is 18.5. The Morgan fingerprint density at radius 3 is 2.49 bits per heavy atom. The number of hydrogen-bond donors (Lipinski definition) is 4. The fraction of sp³-hybridized carbons (Fsp3) is 0.512. The summed E-state index contributed by atoms with van der Waals surface area (Å²) in [6.07, 6.45) is 4.47. The maximum Gasteiger partial charge on any atom is 0.262 e. The Morgan fingerprint density at radius 1 is 1.00 bits per heavy atom. The predicted molar refractivity (Wildman–Crippen MR) is 201 cm³/mol. The van der Waals surface area contributed by atoms with E-state index in [1.54, 1.807) is 6.07 Å². The van der Waals surface area contributed by atoms with Crippen LogP contribution in [-0.2, 0) is 32.6 Å². The molecule has 4 N–H and O–H groups in total. The number of hydrogen-bond acceptors (Lipinski definition) is 8. The van der Waals surface area contributed by atoms with Gasteiger partial charge in [0.2, 0.25) is 5.91 Å². The summed E-state index contributed by atoms with van der Waals surface area (Å²) in [7, 11) is 2.15. The summed E-state index contributed by atoms with van der Waals surface area (Å²) in [6, 6.07) is 20.0. The van der Waals surface area contributed by atoms with Crippen LogP contribution in [0, 0.1) is 5.92 Å². The molecule has 0 aromatic heterocycles. The Hall–Kier alpha value is -4.12. The summed E-state index contributed by atoms with van der Waals surface area (Å²) in [6.45, 7) is 11.0. The van der Waals surface area contributed by atoms with Gasteiger partial charge in [0, 0.05) is 30.1 Å². The molecule has 2 heterocycles. The van der Waals surface area contributed by atoms with Crippen molar-refractivity contribution >= 4 is 17.5 Å². The molecule has 2 amide bonds. The van der Waals surface area contributed by atoms with Gasteiger partial charge in [-0.25, -0.2) is 0 Å². The fourth-order valence-corrected chi connectivity index (χ4v) is 7.55. The number of amides is 2. The van der Waals surface area contributed by atoms with Crippen LogP contribution in [0.3, 0.4) is 0 Å². The fourth-order valence-electron chi connectivity index (χ4n) is 7.55. The average Bonchev–Trinajstić information content (AvgIpc) is 3.11. The first-order chi connectivity index (χ1) is 24.6. The molecule has 276 valence electrons. The van der Waals surface area contributed by atoms with E-state index in [0.717, 1.165) is 49.0 Å². The second kappa shape index (κ2) is 17.9. The molecule has 0 aliphatic carbocycles. The van der Waals surface area contributed by atoms with E-state index in [2.05, 4.69) is 73.7 Å². The number of phenolic OH excluding ortho intramolecular Hbond substituents is 2. The number of benzene rings is 3. The number of carbonyl (C=O) groups excluding carboxylic acids is 2. The minimum atomic E-state index is -0.287. The maximum atomic E-state index is 13.5. The zero-order valence-electron chi connectivity index (χ0n) is 30.7. The van der Waals surface area contributed by atoms with Crippen molar-refractivity contribution in [1.82, 2.24) is 15.1 Å². The standard InChI is InChI=1S/C41H56N4O6/c1-29(2)26-30(3)45(23-20-42-19-14-32-11-13-36(47)39-40(32)51-28-37(48)43-39)38(49)16-25-50-24-15-31-10-12-35(46)34(27-31)41(17-21-44(4)22-18-41)33-8-6-5-7-9-33/h5-13,27,29-30,42,46-47H,14-26,28H2,1-4H3,(H,43,48). The van der Waals surface area contributed by atoms with Crippen molar-refractivity contribution in [3.8, 4) is 17.2 Å². The lowest BCUT2D eigenvalue weighted by molar-refractivity contribution is -0.134. The molecule has 0 radical (unpaired) electrons. The summed E-state index contributed by atoms with van der Waals surface area (Å²) in [4.78, 5) is 29.5. The number of ether oxygens (including phenoxy) is 2. The van der Waals surface area contributed by atoms with Gasteiger partial charge >= 0.3 is 0 Å². The third kappa shape index (κ3) is 9.81. The summed E-state index contributed by atoms with van der Waals surface area (Å²) < 4.78 is 11.6. The highest BCUT2D eigenvalue weighted by Crippen LogP contribution is 2.45. The molecule has 2 aliphatic rings. The number of nitrogens with one attached hydrogen (secondary N) is 2. The SMILES string of the molecule is CC(C)CC(C)N(CCNCCc1ccc(O)c2c1OCC(=O)N2)C(=O)CCOCCc1ccc(O)c(C2(c3ccccc3)CCN(C)CC2)c1. The van der Waals surface area contributed by atoms with Crippen molar-refractivity contribution in [1.29, 1.82) is 0 Å². The van der Waals surface area contributed by atoms with Crippen LogP contribution < -0.4 is 15.4 Å². The second-order valence-electron chi connectivity index (χ2n) is 14.6. The number of anilines is 1. The molecule has 1 fully saturated rings. The van der Waals surface area contributed by atoms with Gasteiger partial charge in [0.05, 0.1) is 19.6 Å². The summed E-state index contributed by atoms with van der Waals surface area (Å²) in [5, 5.41) is 27.3. The topological polar surface area (TPSA) is 124 Å². The van der Waals surface area contributed by atoms with E-state index in [1.165, 1.54) is 5.56 Å². The molecule has 1 unspecified atom stereocenters. The van der Waals surface area contributed by atoms with E-state index in [9.17, 15) is 19.8 Å². The third-order valence-corrected chi connectivity index (χ3v) is 10.3. The molecule has 10 heteroatoms. The van der Waals surface area contributed by atoms with Crippen LogP contribution in [0.4, 0.5) is 5.69 Å². The zero-order chi connectivity index (χ0) is 36.4. The Bertz CT molecular complexity index is 1610. The van der Waals surface area contributed by atoms with Gasteiger partial charge in [-0.05, 0) is 100 Å². The van der Waals surface area contributed by atoms with Gasteiger partial charge in [0.15, 0.2) is 12.4 Å². The number of fused-ring (bicyclic) bond motifs is 1. The number of rotatable bonds is 17. The first-order valence-electron chi connectivity index (χ1n) is 18.5. The number of aromatic hydroxyl groups is 2. The molecule has 3 aromatic rings. The number of piperidine rings is 1. The van der Waals surface area contributed by atoms with Gasteiger partial charge in [0.25, 0.3) is 5.91 Å². The summed E-state index contributed by atoms with van der Waals surface area (Å²) in [5.74, 6) is 1.10. The maximum absolute atomic E-state index is 13.5. The average molecular weight is 701 g/mol. The lowest BCUT2D eigenvalue weighted by atomic mass is 9.67. The number of nitrogens with zero attached hydrogens (tertiary/aromatic N) is 2. The Kier molecular flexibility index (Phi) is 13.4. The van der Waals surface area contributed by atoms with Crippen molar-refractivity contribution in [2.75, 3.05) is 64.9 Å². The van der Waals surface area contributed by atoms with Gasteiger partial charge in [0.1, 0.15) is 17.2 Å². The Balaban J connectivity index is 1.11. The van der Waals surface area contributed by atoms with Crippen molar-refractivity contribution in [3.63, 3.8) is 0 Å². The molecule has 10 nitrogen and oxygen atoms in total. The van der Waals surface area contributed by atoms with E-state index >= 15 is 0 Å². The minimum Gasteiger partial charge on any atom is -0.508 e. The summed E-state index contributed by atoms with van der Waals surface area (Å²) >= 11 is 0. The molecule has 0 saturated carbocycles. The van der Waals surface area contributed by atoms with Crippen LogP contribution in [0.1, 0.15) is 68.7 Å². The summed E-state index contributed by atoms with van der Waals surface area (Å²) in [5.41, 5.74) is 4.34. The largest absolute Gasteiger partial charge is 0.508 e. The molecule has 1 saturated heterocycles. The lowest BCUT2D eigenvalue weighted by Crippen LogP contribution is -2.43. The van der Waals surface area contributed by atoms with Crippen LogP contribution in [0.5, 0.6) is 17.2 Å². The molecular formula is C41H56N4O6. The van der Waals surface area contributed by atoms with Gasteiger partial charge in [-0.2, -0.15) is 0 Å². The number of likely N-dealkylation sites (tertiary alicyclic amines) is 1. The Morgan fingerprint density at radius 2 is 1.75 bits per heavy atom. The predicted octanol–water partition coefficient (Wildman–Crippen LogP) is 5.49. The highest BCUT2D eigenvalue weighted by molar-refractivity contribution is 5.97. The van der Waals surface area contributed by atoms with E-state index in [1.807, 2.05) is 29.2 Å². The van der Waals surface area contributed by atoms with Crippen LogP contribution >= 0.6 is 0 Å². The quantitative estimate of drug-likeness (QED) is 0.108. The van der Waals surface area contributed by atoms with E-state index in [0.29, 0.717) is 75.2 Å². The Labute approximate surface area is 303 Å². The van der Waals surface area contributed by atoms with Crippen molar-refractivity contribution in [3.05, 3.63) is 82.9 Å². The normalized spacial score (nSPS) is 16.3. The third-order valence-electron chi connectivity index (χ3n) is 10.3. The monoisotopic (exact) mass is 700 g/mol. The molecule has 0 spiro atoms. The van der Waals surface area contributed by atoms with E-state index in [4.69, 9.17) is 9.47 Å². The molecule has 1 atom stereocenters. The smallest absolute Gasteiger partial charge is 0.262 e. The molecule has 3 aromatic carbocycles. The molecule has 51 heavy (non-hydrogen) atoms. The first kappa shape index (κ1) is 38.1.